The van der Waals surface area contributed by atoms with Gasteiger partial charge in [0.05, 0.1) is 11.3 Å². The molecule has 0 spiro atoms. The summed E-state index contributed by atoms with van der Waals surface area (Å²) < 4.78 is 27.7. The summed E-state index contributed by atoms with van der Waals surface area (Å²) in [5, 5.41) is 11.8. The Balaban J connectivity index is 2.24. The van der Waals surface area contributed by atoms with Gasteiger partial charge in [0.2, 0.25) is 0 Å². The molecule has 2 aromatic rings. The number of rotatable bonds is 3. The standard InChI is InChI=1S/C14H9BrF2N2/c15-10-5-4-9(7-18)14(6-10)19-8-11-12(16)2-1-3-13(11)17/h1-6,19H,8H2. The van der Waals surface area contributed by atoms with Gasteiger partial charge in [0.15, 0.2) is 0 Å². The molecule has 0 fully saturated rings. The van der Waals surface area contributed by atoms with Crippen LogP contribution in [0.5, 0.6) is 0 Å². The lowest BCUT2D eigenvalue weighted by atomic mass is 10.1. The molecule has 0 saturated heterocycles. The Morgan fingerprint density at radius 2 is 1.84 bits per heavy atom. The Labute approximate surface area is 117 Å². The summed E-state index contributed by atoms with van der Waals surface area (Å²) in [6, 6.07) is 10.8. The number of nitrogens with one attached hydrogen (secondary N) is 1. The van der Waals surface area contributed by atoms with Crippen molar-refractivity contribution in [2.45, 2.75) is 6.54 Å². The molecule has 5 heteroatoms. The van der Waals surface area contributed by atoms with Gasteiger partial charge >= 0.3 is 0 Å². The molecule has 0 amide bonds. The van der Waals surface area contributed by atoms with E-state index in [1.165, 1.54) is 18.2 Å². The smallest absolute Gasteiger partial charge is 0.131 e. The first kappa shape index (κ1) is 13.5. The molecule has 0 saturated carbocycles. The van der Waals surface area contributed by atoms with E-state index in [1.807, 2.05) is 6.07 Å². The van der Waals surface area contributed by atoms with E-state index in [1.54, 1.807) is 18.2 Å². The Morgan fingerprint density at radius 3 is 2.47 bits per heavy atom. The van der Waals surface area contributed by atoms with Crippen molar-refractivity contribution in [3.8, 4) is 6.07 Å². The van der Waals surface area contributed by atoms with E-state index in [0.717, 1.165) is 4.47 Å². The molecule has 2 nitrogen and oxygen atoms in total. The van der Waals surface area contributed by atoms with Crippen LogP contribution in [-0.4, -0.2) is 0 Å². The van der Waals surface area contributed by atoms with Gasteiger partial charge in [0, 0.05) is 16.6 Å². The monoisotopic (exact) mass is 322 g/mol. The zero-order valence-electron chi connectivity index (χ0n) is 9.75. The third kappa shape index (κ3) is 3.09. The third-order valence-corrected chi connectivity index (χ3v) is 3.11. The molecule has 0 heterocycles. The lowest BCUT2D eigenvalue weighted by molar-refractivity contribution is 0.560. The molecule has 0 aliphatic carbocycles. The SMILES string of the molecule is N#Cc1ccc(Br)cc1NCc1c(F)cccc1F. The molecule has 2 rings (SSSR count). The lowest BCUT2D eigenvalue weighted by Crippen LogP contribution is -2.05. The van der Waals surface area contributed by atoms with Crippen LogP contribution >= 0.6 is 15.9 Å². The maximum Gasteiger partial charge on any atom is 0.131 e. The minimum Gasteiger partial charge on any atom is -0.380 e. The van der Waals surface area contributed by atoms with E-state index >= 15 is 0 Å². The molecule has 0 aliphatic heterocycles. The largest absolute Gasteiger partial charge is 0.380 e. The van der Waals surface area contributed by atoms with Gasteiger partial charge in [-0.2, -0.15) is 5.26 Å². The zero-order valence-corrected chi connectivity index (χ0v) is 11.3. The quantitative estimate of drug-likeness (QED) is 0.918. The number of anilines is 1. The van der Waals surface area contributed by atoms with Crippen LogP contribution in [0.4, 0.5) is 14.5 Å². The molecule has 96 valence electrons. The summed E-state index contributed by atoms with van der Waals surface area (Å²) in [4.78, 5) is 0. The summed E-state index contributed by atoms with van der Waals surface area (Å²) in [5.74, 6) is -1.22. The van der Waals surface area contributed by atoms with Crippen LogP contribution in [0.25, 0.3) is 0 Å². The van der Waals surface area contributed by atoms with Crippen LogP contribution in [0.1, 0.15) is 11.1 Å². The minimum atomic E-state index is -0.610. The molecule has 19 heavy (non-hydrogen) atoms. The second-order valence-corrected chi connectivity index (χ2v) is 4.77. The van der Waals surface area contributed by atoms with Crippen LogP contribution in [0.15, 0.2) is 40.9 Å². The van der Waals surface area contributed by atoms with Crippen LogP contribution in [-0.2, 0) is 6.54 Å². The maximum absolute atomic E-state index is 13.5. The van der Waals surface area contributed by atoms with Crippen molar-refractivity contribution in [2.24, 2.45) is 0 Å². The highest BCUT2D eigenvalue weighted by Gasteiger charge is 2.09. The average molecular weight is 323 g/mol. The fourth-order valence-electron chi connectivity index (χ4n) is 1.65. The van der Waals surface area contributed by atoms with Crippen LogP contribution in [0, 0.1) is 23.0 Å². The molecule has 0 aromatic heterocycles. The number of nitrogens with zero attached hydrogens (tertiary/aromatic N) is 1. The highest BCUT2D eigenvalue weighted by molar-refractivity contribution is 9.10. The second-order valence-electron chi connectivity index (χ2n) is 3.86. The van der Waals surface area contributed by atoms with Gasteiger partial charge in [-0.1, -0.05) is 22.0 Å². The first-order chi connectivity index (χ1) is 9.11. The van der Waals surface area contributed by atoms with E-state index < -0.39 is 11.6 Å². The Bertz CT molecular complexity index is 630. The van der Waals surface area contributed by atoms with Gasteiger partial charge in [0.1, 0.15) is 17.7 Å². The van der Waals surface area contributed by atoms with Gasteiger partial charge in [-0.05, 0) is 30.3 Å². The Kier molecular flexibility index (Phi) is 4.13. The number of benzene rings is 2. The molecular weight excluding hydrogens is 314 g/mol. The molecular formula is C14H9BrF2N2. The molecule has 2 aromatic carbocycles. The van der Waals surface area contributed by atoms with Gasteiger partial charge in [-0.15, -0.1) is 0 Å². The van der Waals surface area contributed by atoms with Crippen molar-refractivity contribution >= 4 is 21.6 Å². The normalized spacial score (nSPS) is 10.0. The number of nitriles is 1. The van der Waals surface area contributed by atoms with Gasteiger partial charge in [0.25, 0.3) is 0 Å². The van der Waals surface area contributed by atoms with E-state index in [4.69, 9.17) is 5.26 Å². The van der Waals surface area contributed by atoms with Crippen LogP contribution < -0.4 is 5.32 Å². The maximum atomic E-state index is 13.5. The molecule has 0 radical (unpaired) electrons. The predicted molar refractivity (Wildman–Crippen MR) is 72.5 cm³/mol. The number of halogens is 3. The van der Waals surface area contributed by atoms with Crippen molar-refractivity contribution in [1.29, 1.82) is 5.26 Å². The molecule has 0 aliphatic rings. The van der Waals surface area contributed by atoms with Gasteiger partial charge < -0.3 is 5.32 Å². The fraction of sp³-hybridized carbons (Fsp3) is 0.0714. The van der Waals surface area contributed by atoms with Crippen LogP contribution in [0.2, 0.25) is 0 Å². The first-order valence-corrected chi connectivity index (χ1v) is 6.27. The average Bonchev–Trinajstić information content (AvgIpc) is 2.38. The summed E-state index contributed by atoms with van der Waals surface area (Å²) in [7, 11) is 0. The van der Waals surface area contributed by atoms with E-state index in [-0.39, 0.29) is 12.1 Å². The number of hydrogen-bond donors (Lipinski definition) is 1. The summed E-state index contributed by atoms with van der Waals surface area (Å²) in [6.45, 7) is -0.0242. The van der Waals surface area contributed by atoms with Crippen molar-refractivity contribution < 1.29 is 8.78 Å². The van der Waals surface area contributed by atoms with Crippen molar-refractivity contribution in [1.82, 2.24) is 0 Å². The second kappa shape index (κ2) is 5.81. The molecule has 0 bridgehead atoms. The summed E-state index contributed by atoms with van der Waals surface area (Å²) in [5.41, 5.74) is 0.894. The molecule has 0 atom stereocenters. The van der Waals surface area contributed by atoms with Gasteiger partial charge in [-0.25, -0.2) is 8.78 Å². The first-order valence-electron chi connectivity index (χ1n) is 5.48. The predicted octanol–water partition coefficient (Wildman–Crippen LogP) is 4.21. The highest BCUT2D eigenvalue weighted by Crippen LogP contribution is 2.22. The third-order valence-electron chi connectivity index (χ3n) is 2.62. The molecule has 0 unspecified atom stereocenters. The topological polar surface area (TPSA) is 35.8 Å². The van der Waals surface area contributed by atoms with E-state index in [9.17, 15) is 8.78 Å². The van der Waals surface area contributed by atoms with Gasteiger partial charge in [-0.3, -0.25) is 0 Å². The summed E-state index contributed by atoms with van der Waals surface area (Å²) >= 11 is 3.28. The van der Waals surface area contributed by atoms with Crippen molar-refractivity contribution in [3.05, 3.63) is 63.6 Å². The Morgan fingerprint density at radius 1 is 1.16 bits per heavy atom. The van der Waals surface area contributed by atoms with E-state index in [0.29, 0.717) is 11.3 Å². The Hall–Kier alpha value is -1.93. The number of hydrogen-bond acceptors (Lipinski definition) is 2. The summed E-state index contributed by atoms with van der Waals surface area (Å²) in [6.07, 6.45) is 0. The van der Waals surface area contributed by atoms with Crippen molar-refractivity contribution in [3.63, 3.8) is 0 Å². The van der Waals surface area contributed by atoms with Crippen LogP contribution in [0.3, 0.4) is 0 Å². The van der Waals surface area contributed by atoms with E-state index in [2.05, 4.69) is 21.2 Å². The molecule has 1 N–H and O–H groups in total. The van der Waals surface area contributed by atoms with Crippen molar-refractivity contribution in [2.75, 3.05) is 5.32 Å². The zero-order chi connectivity index (χ0) is 13.8. The minimum absolute atomic E-state index is 0.0242. The fourth-order valence-corrected chi connectivity index (χ4v) is 2.01. The lowest BCUT2D eigenvalue weighted by Gasteiger charge is -2.10. The highest BCUT2D eigenvalue weighted by atomic mass is 79.9.